The molecule has 2 rings (SSSR count). The van der Waals surface area contributed by atoms with E-state index in [1.807, 2.05) is 12.3 Å². The minimum atomic E-state index is 0.748. The highest BCUT2D eigenvalue weighted by Gasteiger charge is 2.03. The van der Waals surface area contributed by atoms with E-state index in [1.54, 1.807) is 0 Å². The summed E-state index contributed by atoms with van der Waals surface area (Å²) in [5, 5.41) is 4.76. The van der Waals surface area contributed by atoms with Crippen LogP contribution in [0.5, 0.6) is 0 Å². The average Bonchev–Trinajstić information content (AvgIpc) is 2.39. The second kappa shape index (κ2) is 6.50. The summed E-state index contributed by atoms with van der Waals surface area (Å²) in [6.45, 7) is 6.53. The van der Waals surface area contributed by atoms with Gasteiger partial charge in [0.2, 0.25) is 0 Å². The normalized spacial score (nSPS) is 12.8. The van der Waals surface area contributed by atoms with Crippen molar-refractivity contribution in [2.45, 2.75) is 33.2 Å². The smallest absolute Gasteiger partial charge is 0.0746 e. The van der Waals surface area contributed by atoms with Gasteiger partial charge in [0, 0.05) is 18.1 Å². The molecule has 96 valence electrons. The van der Waals surface area contributed by atoms with Crippen LogP contribution < -0.4 is 5.32 Å². The van der Waals surface area contributed by atoms with E-state index in [9.17, 15) is 0 Å². The third-order valence-electron chi connectivity index (χ3n) is 3.31. The molecular weight excluding hydrogens is 220 g/mol. The molecule has 0 aliphatic carbocycles. The third-order valence-corrected chi connectivity index (χ3v) is 3.31. The Morgan fingerprint density at radius 3 is 2.89 bits per heavy atom. The molecular formula is C16H22N2. The summed E-state index contributed by atoms with van der Waals surface area (Å²) in [5.74, 6) is 0.748. The Balaban J connectivity index is 1.99. The summed E-state index contributed by atoms with van der Waals surface area (Å²) in [6.07, 6.45) is 4.42. The first-order valence-corrected chi connectivity index (χ1v) is 6.84. The molecule has 0 radical (unpaired) electrons. The number of para-hydroxylation sites is 1. The molecule has 1 aromatic carbocycles. The number of fused-ring (bicyclic) bond motifs is 1. The van der Waals surface area contributed by atoms with Crippen LogP contribution in [0.3, 0.4) is 0 Å². The van der Waals surface area contributed by atoms with E-state index < -0.39 is 0 Å². The molecule has 0 bridgehead atoms. The van der Waals surface area contributed by atoms with Gasteiger partial charge in [0.25, 0.3) is 0 Å². The predicted octanol–water partition coefficient (Wildman–Crippen LogP) is 3.76. The molecule has 1 unspecified atom stereocenters. The average molecular weight is 242 g/mol. The molecule has 1 atom stereocenters. The van der Waals surface area contributed by atoms with E-state index in [4.69, 9.17) is 0 Å². The summed E-state index contributed by atoms with van der Waals surface area (Å²) in [4.78, 5) is 4.48. The van der Waals surface area contributed by atoms with Crippen LogP contribution in [0.1, 0.15) is 32.3 Å². The maximum Gasteiger partial charge on any atom is 0.0746 e. The molecule has 2 heteroatoms. The summed E-state index contributed by atoms with van der Waals surface area (Å²) in [6, 6.07) is 10.5. The molecule has 0 aliphatic rings. The number of rotatable bonds is 6. The highest BCUT2D eigenvalue weighted by Crippen LogP contribution is 2.15. The van der Waals surface area contributed by atoms with E-state index in [0.717, 1.165) is 24.5 Å². The van der Waals surface area contributed by atoms with Crippen molar-refractivity contribution < 1.29 is 0 Å². The van der Waals surface area contributed by atoms with Gasteiger partial charge < -0.3 is 5.32 Å². The van der Waals surface area contributed by atoms with E-state index >= 15 is 0 Å². The lowest BCUT2D eigenvalue weighted by Gasteiger charge is -2.12. The van der Waals surface area contributed by atoms with Crippen molar-refractivity contribution in [3.63, 3.8) is 0 Å². The molecule has 1 N–H and O–H groups in total. The highest BCUT2D eigenvalue weighted by atomic mass is 14.9. The van der Waals surface area contributed by atoms with Gasteiger partial charge in [-0.05, 0) is 30.5 Å². The van der Waals surface area contributed by atoms with Crippen LogP contribution in [-0.4, -0.2) is 11.5 Å². The quantitative estimate of drug-likeness (QED) is 0.834. The molecule has 2 nitrogen and oxygen atoms in total. The Morgan fingerprint density at radius 2 is 2.06 bits per heavy atom. The first-order chi connectivity index (χ1) is 8.81. The van der Waals surface area contributed by atoms with Crippen LogP contribution in [0.15, 0.2) is 36.5 Å². The maximum atomic E-state index is 4.48. The Hall–Kier alpha value is -1.41. The molecule has 18 heavy (non-hydrogen) atoms. The van der Waals surface area contributed by atoms with Gasteiger partial charge in [0.1, 0.15) is 0 Å². The van der Waals surface area contributed by atoms with Crippen molar-refractivity contribution in [1.29, 1.82) is 0 Å². The van der Waals surface area contributed by atoms with Gasteiger partial charge >= 0.3 is 0 Å². The van der Waals surface area contributed by atoms with E-state index in [-0.39, 0.29) is 0 Å². The Kier molecular flexibility index (Phi) is 4.71. The summed E-state index contributed by atoms with van der Waals surface area (Å²) in [7, 11) is 0. The lowest BCUT2D eigenvalue weighted by Crippen LogP contribution is -2.20. The summed E-state index contributed by atoms with van der Waals surface area (Å²) >= 11 is 0. The number of nitrogens with zero attached hydrogens (tertiary/aromatic N) is 1. The van der Waals surface area contributed by atoms with Crippen molar-refractivity contribution in [3.05, 3.63) is 42.1 Å². The molecule has 1 heterocycles. The fourth-order valence-electron chi connectivity index (χ4n) is 2.36. The second-order valence-corrected chi connectivity index (χ2v) is 5.02. The minimum absolute atomic E-state index is 0.748. The number of hydrogen-bond acceptors (Lipinski definition) is 2. The fraction of sp³-hybridized carbons (Fsp3) is 0.438. The van der Waals surface area contributed by atoms with Gasteiger partial charge in [0.15, 0.2) is 0 Å². The van der Waals surface area contributed by atoms with Crippen LogP contribution >= 0.6 is 0 Å². The van der Waals surface area contributed by atoms with Crippen LogP contribution in [0.2, 0.25) is 0 Å². The van der Waals surface area contributed by atoms with Gasteiger partial charge in [-0.3, -0.25) is 4.98 Å². The monoisotopic (exact) mass is 242 g/mol. The zero-order valence-corrected chi connectivity index (χ0v) is 11.3. The van der Waals surface area contributed by atoms with E-state index in [1.165, 1.54) is 23.8 Å². The number of nitrogens with one attached hydrogen (secondary N) is 1. The second-order valence-electron chi connectivity index (χ2n) is 5.02. The molecule has 0 saturated carbocycles. The Bertz CT molecular complexity index is 488. The van der Waals surface area contributed by atoms with Crippen LogP contribution in [0.4, 0.5) is 0 Å². The zero-order valence-electron chi connectivity index (χ0n) is 11.3. The van der Waals surface area contributed by atoms with Crippen molar-refractivity contribution in [2.24, 2.45) is 5.92 Å². The highest BCUT2D eigenvalue weighted by molar-refractivity contribution is 5.81. The number of benzene rings is 1. The van der Waals surface area contributed by atoms with Gasteiger partial charge in [-0.1, -0.05) is 44.5 Å². The van der Waals surface area contributed by atoms with Crippen molar-refractivity contribution in [3.8, 4) is 0 Å². The van der Waals surface area contributed by atoms with Gasteiger partial charge in [-0.2, -0.15) is 0 Å². The summed E-state index contributed by atoms with van der Waals surface area (Å²) in [5.41, 5.74) is 2.41. The topological polar surface area (TPSA) is 24.9 Å². The van der Waals surface area contributed by atoms with Crippen molar-refractivity contribution >= 4 is 10.9 Å². The summed E-state index contributed by atoms with van der Waals surface area (Å²) < 4.78 is 0. The molecule has 0 fully saturated rings. The van der Waals surface area contributed by atoms with Crippen molar-refractivity contribution in [1.82, 2.24) is 10.3 Å². The van der Waals surface area contributed by atoms with Gasteiger partial charge in [0.05, 0.1) is 5.52 Å². The van der Waals surface area contributed by atoms with Crippen molar-refractivity contribution in [2.75, 3.05) is 6.54 Å². The lowest BCUT2D eigenvalue weighted by atomic mass is 10.1. The number of hydrogen-bond donors (Lipinski definition) is 1. The predicted molar refractivity (Wildman–Crippen MR) is 77.5 cm³/mol. The molecule has 0 spiro atoms. The number of aromatic nitrogens is 1. The molecule has 2 aromatic rings. The standard InChI is InChI=1S/C16H22N2/c1-3-6-13(2)11-17-12-15-8-4-7-14-9-5-10-18-16(14)15/h4-5,7-10,13,17H,3,6,11-12H2,1-2H3. The molecule has 0 aliphatic heterocycles. The molecule has 1 aromatic heterocycles. The van der Waals surface area contributed by atoms with Gasteiger partial charge in [-0.25, -0.2) is 0 Å². The first kappa shape index (κ1) is 13.0. The third kappa shape index (κ3) is 3.30. The first-order valence-electron chi connectivity index (χ1n) is 6.84. The zero-order chi connectivity index (χ0) is 12.8. The Labute approximate surface area is 109 Å². The fourth-order valence-corrected chi connectivity index (χ4v) is 2.36. The van der Waals surface area contributed by atoms with Crippen LogP contribution in [0, 0.1) is 5.92 Å². The largest absolute Gasteiger partial charge is 0.312 e. The maximum absolute atomic E-state index is 4.48. The van der Waals surface area contributed by atoms with Gasteiger partial charge in [-0.15, -0.1) is 0 Å². The van der Waals surface area contributed by atoms with Crippen LogP contribution in [0.25, 0.3) is 10.9 Å². The van der Waals surface area contributed by atoms with E-state index in [2.05, 4.69) is 48.4 Å². The van der Waals surface area contributed by atoms with Crippen LogP contribution in [-0.2, 0) is 6.54 Å². The molecule has 0 saturated heterocycles. The molecule has 0 amide bonds. The van der Waals surface area contributed by atoms with E-state index in [0.29, 0.717) is 0 Å². The lowest BCUT2D eigenvalue weighted by molar-refractivity contribution is 0.476. The minimum Gasteiger partial charge on any atom is -0.312 e. The number of pyridine rings is 1. The SMILES string of the molecule is CCCC(C)CNCc1cccc2cccnc12. The Morgan fingerprint density at radius 1 is 1.22 bits per heavy atom.